The van der Waals surface area contributed by atoms with Gasteiger partial charge in [0.1, 0.15) is 11.1 Å². The van der Waals surface area contributed by atoms with Crippen LogP contribution in [0, 0.1) is 0 Å². The van der Waals surface area contributed by atoms with Gasteiger partial charge in [0.2, 0.25) is 4.96 Å². The van der Waals surface area contributed by atoms with Crippen LogP contribution in [-0.4, -0.2) is 20.5 Å². The van der Waals surface area contributed by atoms with Gasteiger partial charge in [-0.2, -0.15) is 4.98 Å². The highest BCUT2D eigenvalue weighted by atomic mass is 32.1. The van der Waals surface area contributed by atoms with Crippen molar-refractivity contribution >= 4 is 39.1 Å². The molecule has 1 N–H and O–H groups in total. The summed E-state index contributed by atoms with van der Waals surface area (Å²) in [4.78, 5) is 29.7. The van der Waals surface area contributed by atoms with Crippen molar-refractivity contribution in [1.29, 1.82) is 0 Å². The Bertz CT molecular complexity index is 1390. The summed E-state index contributed by atoms with van der Waals surface area (Å²) in [6, 6.07) is 18.3. The number of nitrogens with zero attached hydrogens (tertiary/aromatic N) is 3. The topological polar surface area (TPSA) is 89.5 Å². The molecule has 2 aromatic carbocycles. The lowest BCUT2D eigenvalue weighted by Gasteiger charge is -2.02. The molecule has 0 aliphatic heterocycles. The van der Waals surface area contributed by atoms with E-state index in [1.165, 1.54) is 17.4 Å². The summed E-state index contributed by atoms with van der Waals surface area (Å²) in [7, 11) is 0. The van der Waals surface area contributed by atoms with Crippen LogP contribution in [0.15, 0.2) is 75.3 Å². The summed E-state index contributed by atoms with van der Waals surface area (Å²) in [6.45, 7) is 0. The zero-order valence-electron chi connectivity index (χ0n) is 14.3. The number of anilines is 1. The molecule has 0 spiro atoms. The van der Waals surface area contributed by atoms with Crippen LogP contribution in [0.2, 0.25) is 0 Å². The number of amides is 1. The number of aromatic nitrogens is 3. The fraction of sp³-hybridized carbons (Fsp3) is 0. The zero-order valence-corrected chi connectivity index (χ0v) is 15.1. The smallest absolute Gasteiger partial charge is 0.349 e. The van der Waals surface area contributed by atoms with Crippen LogP contribution in [0.25, 0.3) is 27.2 Å². The van der Waals surface area contributed by atoms with E-state index >= 15 is 0 Å². The Hall–Kier alpha value is -3.78. The van der Waals surface area contributed by atoms with Crippen molar-refractivity contribution < 1.29 is 9.21 Å². The Balaban J connectivity index is 1.49. The van der Waals surface area contributed by atoms with Gasteiger partial charge in [0.05, 0.1) is 5.69 Å². The van der Waals surface area contributed by atoms with Crippen molar-refractivity contribution in [3.05, 3.63) is 82.0 Å². The molecule has 0 unspecified atom stereocenters. The highest BCUT2D eigenvalue weighted by Crippen LogP contribution is 2.25. The third-order valence-corrected chi connectivity index (χ3v) is 5.08. The molecule has 0 saturated heterocycles. The Morgan fingerprint density at radius 1 is 1.07 bits per heavy atom. The maximum atomic E-state index is 12.6. The van der Waals surface area contributed by atoms with Crippen LogP contribution in [-0.2, 0) is 0 Å². The largest absolute Gasteiger partial charge is 0.422 e. The van der Waals surface area contributed by atoms with Gasteiger partial charge in [-0.15, -0.1) is 16.4 Å². The van der Waals surface area contributed by atoms with Crippen LogP contribution in [0.1, 0.15) is 10.4 Å². The van der Waals surface area contributed by atoms with Crippen molar-refractivity contribution in [2.24, 2.45) is 0 Å². The standard InChI is InChI=1S/C20H12N4O3S/c25-17(14-10-13-8-4-5-9-16(13)27-18(14)26)21-19-22-20-24(23-19)15(11-28-20)12-6-2-1-3-7-12/h1-11H,(H,21,23,25). The van der Waals surface area contributed by atoms with E-state index in [0.29, 0.717) is 15.9 Å². The molecule has 0 saturated carbocycles. The molecule has 0 aliphatic rings. The monoisotopic (exact) mass is 388 g/mol. The zero-order chi connectivity index (χ0) is 19.1. The Labute approximate surface area is 161 Å². The predicted octanol–water partition coefficient (Wildman–Crippen LogP) is 3.82. The van der Waals surface area contributed by atoms with E-state index in [2.05, 4.69) is 15.4 Å². The second-order valence-electron chi connectivity index (χ2n) is 6.06. The molecule has 8 heteroatoms. The molecule has 0 aliphatic carbocycles. The number of nitrogens with one attached hydrogen (secondary N) is 1. The van der Waals surface area contributed by atoms with Crippen LogP contribution in [0.4, 0.5) is 5.95 Å². The van der Waals surface area contributed by atoms with Crippen molar-refractivity contribution in [3.63, 3.8) is 0 Å². The van der Waals surface area contributed by atoms with Crippen molar-refractivity contribution in [3.8, 4) is 11.3 Å². The molecule has 7 nitrogen and oxygen atoms in total. The minimum absolute atomic E-state index is 0.0971. The number of carbonyl (C=O) groups excluding carboxylic acids is 1. The molecule has 0 atom stereocenters. The van der Waals surface area contributed by atoms with Crippen LogP contribution in [0.5, 0.6) is 0 Å². The van der Waals surface area contributed by atoms with Crippen LogP contribution >= 0.6 is 11.3 Å². The first-order valence-corrected chi connectivity index (χ1v) is 9.31. The van der Waals surface area contributed by atoms with E-state index in [0.717, 1.165) is 11.3 Å². The number of benzene rings is 2. The van der Waals surface area contributed by atoms with Gasteiger partial charge >= 0.3 is 5.63 Å². The third-order valence-electron chi connectivity index (χ3n) is 4.26. The van der Waals surface area contributed by atoms with E-state index in [4.69, 9.17) is 4.42 Å². The maximum absolute atomic E-state index is 12.6. The SMILES string of the molecule is O=C(Nc1nc2scc(-c3ccccc3)n2n1)c1cc2ccccc2oc1=O. The second kappa shape index (κ2) is 6.43. The van der Waals surface area contributed by atoms with Gasteiger partial charge in [-0.1, -0.05) is 48.5 Å². The molecule has 3 heterocycles. The van der Waals surface area contributed by atoms with Gasteiger partial charge in [0, 0.05) is 16.3 Å². The highest BCUT2D eigenvalue weighted by Gasteiger charge is 2.17. The normalized spacial score (nSPS) is 11.1. The van der Waals surface area contributed by atoms with Gasteiger partial charge in [0.25, 0.3) is 11.9 Å². The average molecular weight is 388 g/mol. The molecule has 1 amide bonds. The number of hydrogen-bond acceptors (Lipinski definition) is 6. The first-order chi connectivity index (χ1) is 13.7. The van der Waals surface area contributed by atoms with E-state index in [-0.39, 0.29) is 11.5 Å². The molecular weight excluding hydrogens is 376 g/mol. The van der Waals surface area contributed by atoms with Gasteiger partial charge in [-0.25, -0.2) is 9.31 Å². The maximum Gasteiger partial charge on any atom is 0.349 e. The molecule has 3 aromatic heterocycles. The fourth-order valence-electron chi connectivity index (χ4n) is 2.93. The average Bonchev–Trinajstić information content (AvgIpc) is 3.28. The number of hydrogen-bond donors (Lipinski definition) is 1. The summed E-state index contributed by atoms with van der Waals surface area (Å²) in [5.41, 5.74) is 1.49. The van der Waals surface area contributed by atoms with E-state index in [9.17, 15) is 9.59 Å². The first-order valence-electron chi connectivity index (χ1n) is 8.43. The van der Waals surface area contributed by atoms with E-state index < -0.39 is 11.5 Å². The number of fused-ring (bicyclic) bond motifs is 2. The molecule has 0 radical (unpaired) electrons. The highest BCUT2D eigenvalue weighted by molar-refractivity contribution is 7.15. The van der Waals surface area contributed by atoms with Gasteiger partial charge < -0.3 is 4.42 Å². The van der Waals surface area contributed by atoms with Crippen molar-refractivity contribution in [1.82, 2.24) is 14.6 Å². The Kier molecular flexibility index (Phi) is 3.77. The lowest BCUT2D eigenvalue weighted by Crippen LogP contribution is -2.21. The minimum atomic E-state index is -0.706. The molecule has 28 heavy (non-hydrogen) atoms. The first kappa shape index (κ1) is 16.4. The van der Waals surface area contributed by atoms with Crippen molar-refractivity contribution in [2.75, 3.05) is 5.32 Å². The summed E-state index contributed by atoms with van der Waals surface area (Å²) >= 11 is 1.42. The number of thiazole rings is 1. The fourth-order valence-corrected chi connectivity index (χ4v) is 3.76. The Morgan fingerprint density at radius 3 is 2.71 bits per heavy atom. The third kappa shape index (κ3) is 2.76. The lowest BCUT2D eigenvalue weighted by molar-refractivity contribution is 0.102. The molecule has 0 bridgehead atoms. The summed E-state index contributed by atoms with van der Waals surface area (Å²) in [6.07, 6.45) is 0. The van der Waals surface area contributed by atoms with Crippen LogP contribution < -0.4 is 10.9 Å². The van der Waals surface area contributed by atoms with Crippen molar-refractivity contribution in [2.45, 2.75) is 0 Å². The summed E-state index contributed by atoms with van der Waals surface area (Å²) < 4.78 is 6.88. The molecule has 136 valence electrons. The molecule has 5 aromatic rings. The molecule has 5 rings (SSSR count). The van der Waals surface area contributed by atoms with E-state index in [1.54, 1.807) is 28.8 Å². The number of carbonyl (C=O) groups is 1. The van der Waals surface area contributed by atoms with Gasteiger partial charge in [-0.3, -0.25) is 10.1 Å². The van der Waals surface area contributed by atoms with E-state index in [1.807, 2.05) is 35.7 Å². The van der Waals surface area contributed by atoms with Gasteiger partial charge in [0.15, 0.2) is 0 Å². The molecular formula is C20H12N4O3S. The predicted molar refractivity (Wildman–Crippen MR) is 107 cm³/mol. The minimum Gasteiger partial charge on any atom is -0.422 e. The second-order valence-corrected chi connectivity index (χ2v) is 6.89. The number of rotatable bonds is 3. The van der Waals surface area contributed by atoms with Gasteiger partial charge in [-0.05, 0) is 12.1 Å². The van der Waals surface area contributed by atoms with Crippen LogP contribution in [0.3, 0.4) is 0 Å². The lowest BCUT2D eigenvalue weighted by atomic mass is 10.2. The number of para-hydroxylation sites is 1. The summed E-state index contributed by atoms with van der Waals surface area (Å²) in [5, 5.41) is 9.56. The molecule has 0 fully saturated rings. The quantitative estimate of drug-likeness (QED) is 0.475. The Morgan fingerprint density at radius 2 is 1.86 bits per heavy atom. The summed E-state index contributed by atoms with van der Waals surface area (Å²) in [5.74, 6) is -0.486.